The van der Waals surface area contributed by atoms with Crippen molar-refractivity contribution in [3.05, 3.63) is 66.2 Å². The third-order valence-electron chi connectivity index (χ3n) is 4.59. The van der Waals surface area contributed by atoms with E-state index < -0.39 is 29.7 Å². The van der Waals surface area contributed by atoms with Crippen LogP contribution >= 0.6 is 0 Å². The van der Waals surface area contributed by atoms with Gasteiger partial charge < -0.3 is 19.1 Å². The smallest absolute Gasteiger partial charge is 0.305 e. The minimum absolute atomic E-state index is 0.373. The minimum atomic E-state index is -2.71. The number of anilines is 1. The molecular formula is C21H20NO6S-. The molecule has 0 spiro atoms. The lowest BCUT2D eigenvalue weighted by Gasteiger charge is -2.34. The first-order chi connectivity index (χ1) is 13.9. The molecule has 3 rings (SSSR count). The quantitative estimate of drug-likeness (QED) is 0.565. The molecule has 0 bridgehead atoms. The Bertz CT molecular complexity index is 1050. The fourth-order valence-corrected chi connectivity index (χ4v) is 3.94. The highest BCUT2D eigenvalue weighted by Crippen LogP contribution is 2.37. The Kier molecular flexibility index (Phi) is 6.36. The summed E-state index contributed by atoms with van der Waals surface area (Å²) >= 11 is -2.71. The number of fused-ring (bicyclic) bond motifs is 1. The van der Waals surface area contributed by atoms with Crippen molar-refractivity contribution in [3.8, 4) is 11.5 Å². The fraction of sp³-hybridized carbons (Fsp3) is 0.190. The number of hydrogen-bond acceptors (Lipinski definition) is 5. The van der Waals surface area contributed by atoms with Crippen molar-refractivity contribution >= 4 is 33.7 Å². The van der Waals surface area contributed by atoms with Crippen molar-refractivity contribution < 1.29 is 28.1 Å². The van der Waals surface area contributed by atoms with Crippen LogP contribution < -0.4 is 13.8 Å². The predicted molar refractivity (Wildman–Crippen MR) is 110 cm³/mol. The molecule has 152 valence electrons. The highest BCUT2D eigenvalue weighted by molar-refractivity contribution is 7.80. The topological polar surface area (TPSA) is 99.1 Å². The largest absolute Gasteiger partial charge is 0.755 e. The number of aliphatic carboxylic acids is 1. The second-order valence-electron chi connectivity index (χ2n) is 6.30. The van der Waals surface area contributed by atoms with E-state index >= 15 is 0 Å². The van der Waals surface area contributed by atoms with Crippen LogP contribution in [0.4, 0.5) is 5.69 Å². The van der Waals surface area contributed by atoms with Gasteiger partial charge in [0, 0.05) is 17.0 Å². The second kappa shape index (κ2) is 8.93. The van der Waals surface area contributed by atoms with E-state index in [1.807, 2.05) is 24.3 Å². The summed E-state index contributed by atoms with van der Waals surface area (Å²) in [6.45, 7) is 0. The molecule has 3 aromatic rings. The molecule has 0 aromatic heterocycles. The van der Waals surface area contributed by atoms with Gasteiger partial charge in [-0.2, -0.15) is 0 Å². The van der Waals surface area contributed by atoms with E-state index in [4.69, 9.17) is 9.47 Å². The van der Waals surface area contributed by atoms with Gasteiger partial charge in [-0.25, -0.2) is 0 Å². The van der Waals surface area contributed by atoms with Crippen LogP contribution in [0.5, 0.6) is 11.5 Å². The van der Waals surface area contributed by atoms with Crippen LogP contribution in [0.15, 0.2) is 60.7 Å². The van der Waals surface area contributed by atoms with Crippen molar-refractivity contribution in [2.45, 2.75) is 12.5 Å². The van der Waals surface area contributed by atoms with E-state index in [0.717, 1.165) is 15.1 Å². The average Bonchev–Trinajstić information content (AvgIpc) is 2.72. The van der Waals surface area contributed by atoms with Crippen LogP contribution in [0, 0.1) is 0 Å². The molecule has 8 heteroatoms. The zero-order valence-corrected chi connectivity index (χ0v) is 16.7. The van der Waals surface area contributed by atoms with Crippen molar-refractivity contribution in [2.24, 2.45) is 0 Å². The van der Waals surface area contributed by atoms with Gasteiger partial charge in [0.25, 0.3) is 0 Å². The summed E-state index contributed by atoms with van der Waals surface area (Å²) in [5.74, 6) is -0.276. The predicted octanol–water partition coefficient (Wildman–Crippen LogP) is 3.67. The van der Waals surface area contributed by atoms with Crippen LogP contribution in [0.25, 0.3) is 10.8 Å². The number of hydrogen-bond donors (Lipinski definition) is 1. The lowest BCUT2D eigenvalue weighted by Crippen LogP contribution is -2.32. The highest BCUT2D eigenvalue weighted by Gasteiger charge is 2.26. The third-order valence-corrected chi connectivity index (χ3v) is 5.38. The zero-order chi connectivity index (χ0) is 21.0. The van der Waals surface area contributed by atoms with Crippen LogP contribution in [0.2, 0.25) is 0 Å². The van der Waals surface area contributed by atoms with E-state index in [-0.39, 0.29) is 0 Å². The van der Waals surface area contributed by atoms with Gasteiger partial charge >= 0.3 is 5.97 Å². The van der Waals surface area contributed by atoms with E-state index in [9.17, 15) is 18.7 Å². The molecule has 1 N–H and O–H groups in total. The molecule has 3 aromatic carbocycles. The second-order valence-corrected chi connectivity index (χ2v) is 7.13. The molecule has 0 saturated carbocycles. The van der Waals surface area contributed by atoms with Gasteiger partial charge in [-0.1, -0.05) is 36.4 Å². The number of benzene rings is 3. The summed E-state index contributed by atoms with van der Waals surface area (Å²) in [5.41, 5.74) is 0.848. The standard InChI is InChI=1S/C21H21NO6S/c1-27-19-10-8-16(12-20(19)28-2)18(13-21(23)24)22(29(25)26)17-9-7-14-5-3-4-6-15(14)11-17/h3-12,18H,13H2,1-2H3,(H,23,24)(H,25,26)/p-1. The number of carboxylic acid groups (broad SMARTS) is 1. The van der Waals surface area contributed by atoms with Gasteiger partial charge in [-0.3, -0.25) is 13.3 Å². The Balaban J connectivity index is 2.12. The van der Waals surface area contributed by atoms with Crippen LogP contribution in [0.1, 0.15) is 18.0 Å². The Morgan fingerprint density at radius 1 is 1.03 bits per heavy atom. The molecule has 0 fully saturated rings. The monoisotopic (exact) mass is 414 g/mol. The summed E-state index contributed by atoms with van der Waals surface area (Å²) in [6, 6.07) is 16.6. The third kappa shape index (κ3) is 4.49. The molecule has 0 amide bonds. The van der Waals surface area contributed by atoms with Crippen molar-refractivity contribution in [2.75, 3.05) is 18.5 Å². The van der Waals surface area contributed by atoms with Gasteiger partial charge in [0.1, 0.15) is 0 Å². The van der Waals surface area contributed by atoms with Gasteiger partial charge in [0.15, 0.2) is 11.5 Å². The first-order valence-corrected chi connectivity index (χ1v) is 9.79. The SMILES string of the molecule is COc1ccc(C(CC(=O)O)N(c2ccc3ccccc3c2)S(=O)[O-])cc1OC. The number of carbonyl (C=O) groups is 1. The van der Waals surface area contributed by atoms with E-state index in [1.54, 1.807) is 36.4 Å². The number of methoxy groups -OCH3 is 2. The molecule has 0 heterocycles. The van der Waals surface area contributed by atoms with Gasteiger partial charge in [-0.05, 0) is 40.6 Å². The summed E-state index contributed by atoms with van der Waals surface area (Å²) in [6.07, 6.45) is -0.420. The zero-order valence-electron chi connectivity index (χ0n) is 15.9. The van der Waals surface area contributed by atoms with E-state index in [1.165, 1.54) is 14.2 Å². The lowest BCUT2D eigenvalue weighted by molar-refractivity contribution is -0.137. The molecule has 0 aliphatic rings. The van der Waals surface area contributed by atoms with Gasteiger partial charge in [-0.15, -0.1) is 0 Å². The summed E-state index contributed by atoms with van der Waals surface area (Å²) in [5, 5.41) is 11.2. The first-order valence-electron chi connectivity index (χ1n) is 8.75. The maximum absolute atomic E-state index is 12.2. The number of nitrogens with zero attached hydrogens (tertiary/aromatic N) is 1. The summed E-state index contributed by atoms with van der Waals surface area (Å²) in [7, 11) is 2.95. The Hall–Kier alpha value is -3.10. The van der Waals surface area contributed by atoms with Gasteiger partial charge in [0.2, 0.25) is 0 Å². The van der Waals surface area contributed by atoms with E-state index in [2.05, 4.69) is 0 Å². The molecule has 7 nitrogen and oxygen atoms in total. The molecule has 2 unspecified atom stereocenters. The van der Waals surface area contributed by atoms with Crippen LogP contribution in [0.3, 0.4) is 0 Å². The van der Waals surface area contributed by atoms with Crippen LogP contribution in [-0.2, 0) is 16.1 Å². The Morgan fingerprint density at radius 2 is 1.72 bits per heavy atom. The number of rotatable bonds is 8. The normalized spacial score (nSPS) is 12.9. The Morgan fingerprint density at radius 3 is 2.34 bits per heavy atom. The molecule has 2 atom stereocenters. The highest BCUT2D eigenvalue weighted by atomic mass is 32.2. The van der Waals surface area contributed by atoms with Crippen molar-refractivity contribution in [3.63, 3.8) is 0 Å². The summed E-state index contributed by atoms with van der Waals surface area (Å²) in [4.78, 5) is 11.5. The molecule has 0 aliphatic heterocycles. The fourth-order valence-electron chi connectivity index (χ4n) is 3.25. The van der Waals surface area contributed by atoms with Crippen molar-refractivity contribution in [1.29, 1.82) is 0 Å². The Labute approximate surface area is 170 Å². The average molecular weight is 414 g/mol. The lowest BCUT2D eigenvalue weighted by atomic mass is 10.0. The molecule has 29 heavy (non-hydrogen) atoms. The molecular weight excluding hydrogens is 394 g/mol. The van der Waals surface area contributed by atoms with Crippen LogP contribution in [-0.4, -0.2) is 34.1 Å². The minimum Gasteiger partial charge on any atom is -0.755 e. The van der Waals surface area contributed by atoms with Gasteiger partial charge in [0.05, 0.1) is 26.7 Å². The number of carboxylic acids is 1. The molecule has 0 radical (unpaired) electrons. The maximum atomic E-state index is 12.2. The molecule has 0 aliphatic carbocycles. The first kappa shape index (κ1) is 20.6. The van der Waals surface area contributed by atoms with Crippen molar-refractivity contribution in [1.82, 2.24) is 0 Å². The number of ether oxygens (including phenoxy) is 2. The maximum Gasteiger partial charge on any atom is 0.305 e. The molecule has 0 saturated heterocycles. The van der Waals surface area contributed by atoms with E-state index in [0.29, 0.717) is 22.7 Å². The summed E-state index contributed by atoms with van der Waals surface area (Å²) < 4.78 is 36.0.